The summed E-state index contributed by atoms with van der Waals surface area (Å²) in [5, 5.41) is 19.0. The van der Waals surface area contributed by atoms with Gasteiger partial charge in [-0.3, -0.25) is 4.79 Å². The molecule has 0 radical (unpaired) electrons. The van der Waals surface area contributed by atoms with Gasteiger partial charge in [-0.25, -0.2) is 0 Å². The lowest BCUT2D eigenvalue weighted by Crippen LogP contribution is -2.04. The molecule has 2 aromatic rings. The fraction of sp³-hybridized carbons (Fsp3) is 0.308. The molecular weight excluding hydrogens is 220 g/mol. The zero-order chi connectivity index (χ0) is 12.6. The van der Waals surface area contributed by atoms with Gasteiger partial charge in [-0.05, 0) is 5.92 Å². The lowest BCUT2D eigenvalue weighted by atomic mass is 10.1. The number of hydrogen-bond donors (Lipinski definition) is 2. The van der Waals surface area contributed by atoms with E-state index in [4.69, 9.17) is 4.42 Å². The van der Waals surface area contributed by atoms with Crippen molar-refractivity contribution in [2.45, 2.75) is 20.3 Å². The number of phenolic OH excluding ortho intramolecular Hbond substituents is 2. The van der Waals surface area contributed by atoms with Gasteiger partial charge in [-0.1, -0.05) is 13.8 Å². The van der Waals surface area contributed by atoms with Gasteiger partial charge < -0.3 is 14.6 Å². The highest BCUT2D eigenvalue weighted by molar-refractivity contribution is 5.84. The smallest absolute Gasteiger partial charge is 0.196 e. The van der Waals surface area contributed by atoms with Gasteiger partial charge >= 0.3 is 0 Å². The van der Waals surface area contributed by atoms with Crippen molar-refractivity contribution in [2.24, 2.45) is 5.92 Å². The van der Waals surface area contributed by atoms with Crippen LogP contribution in [0.2, 0.25) is 0 Å². The predicted molar refractivity (Wildman–Crippen MR) is 64.4 cm³/mol. The van der Waals surface area contributed by atoms with Crippen LogP contribution in [-0.2, 0) is 6.42 Å². The molecule has 4 nitrogen and oxygen atoms in total. The quantitative estimate of drug-likeness (QED) is 0.837. The zero-order valence-electron chi connectivity index (χ0n) is 9.73. The van der Waals surface area contributed by atoms with Crippen LogP contribution in [-0.4, -0.2) is 10.2 Å². The Morgan fingerprint density at radius 3 is 2.59 bits per heavy atom. The van der Waals surface area contributed by atoms with Crippen LogP contribution in [0.3, 0.4) is 0 Å². The molecule has 0 amide bonds. The van der Waals surface area contributed by atoms with Gasteiger partial charge in [0.15, 0.2) is 5.43 Å². The van der Waals surface area contributed by atoms with Gasteiger partial charge in [0.25, 0.3) is 0 Å². The van der Waals surface area contributed by atoms with Crippen molar-refractivity contribution in [1.29, 1.82) is 0 Å². The van der Waals surface area contributed by atoms with E-state index in [0.717, 1.165) is 6.07 Å². The number of aromatic hydroxyl groups is 2. The molecule has 0 fully saturated rings. The molecule has 0 atom stereocenters. The number of benzene rings is 1. The molecule has 0 unspecified atom stereocenters. The van der Waals surface area contributed by atoms with Crippen molar-refractivity contribution in [3.63, 3.8) is 0 Å². The SMILES string of the molecule is CC(C)Cc1cc(=O)c2c(O)cc(O)cc2o1. The van der Waals surface area contributed by atoms with E-state index >= 15 is 0 Å². The van der Waals surface area contributed by atoms with E-state index in [1.54, 1.807) is 0 Å². The van der Waals surface area contributed by atoms with E-state index in [9.17, 15) is 15.0 Å². The van der Waals surface area contributed by atoms with E-state index in [-0.39, 0.29) is 27.9 Å². The average molecular weight is 234 g/mol. The van der Waals surface area contributed by atoms with E-state index in [1.165, 1.54) is 12.1 Å². The molecule has 17 heavy (non-hydrogen) atoms. The summed E-state index contributed by atoms with van der Waals surface area (Å²) < 4.78 is 5.50. The molecule has 0 saturated heterocycles. The maximum absolute atomic E-state index is 11.8. The van der Waals surface area contributed by atoms with Gasteiger partial charge in [-0.2, -0.15) is 0 Å². The Kier molecular flexibility index (Phi) is 2.79. The lowest BCUT2D eigenvalue weighted by molar-refractivity contribution is 0.447. The molecule has 0 bridgehead atoms. The summed E-state index contributed by atoms with van der Waals surface area (Å²) in [6.07, 6.45) is 0.640. The van der Waals surface area contributed by atoms with E-state index < -0.39 is 0 Å². The van der Waals surface area contributed by atoms with Crippen LogP contribution >= 0.6 is 0 Å². The van der Waals surface area contributed by atoms with Gasteiger partial charge in [0.1, 0.15) is 28.2 Å². The first-order chi connectivity index (χ1) is 7.97. The molecule has 0 aliphatic rings. The van der Waals surface area contributed by atoms with Crippen molar-refractivity contribution in [3.8, 4) is 11.5 Å². The monoisotopic (exact) mass is 234 g/mol. The first kappa shape index (κ1) is 11.5. The van der Waals surface area contributed by atoms with Gasteiger partial charge in [-0.15, -0.1) is 0 Å². The molecule has 0 aliphatic heterocycles. The maximum Gasteiger partial charge on any atom is 0.196 e. The van der Waals surface area contributed by atoms with E-state index in [0.29, 0.717) is 18.1 Å². The Balaban J connectivity index is 2.69. The number of hydrogen-bond acceptors (Lipinski definition) is 4. The molecule has 1 heterocycles. The summed E-state index contributed by atoms with van der Waals surface area (Å²) in [6.45, 7) is 4.04. The largest absolute Gasteiger partial charge is 0.508 e. The van der Waals surface area contributed by atoms with Gasteiger partial charge in [0.05, 0.1) is 0 Å². The number of fused-ring (bicyclic) bond motifs is 1. The molecule has 4 heteroatoms. The topological polar surface area (TPSA) is 70.7 Å². The van der Waals surface area contributed by atoms with Crippen molar-refractivity contribution in [2.75, 3.05) is 0 Å². The molecule has 90 valence electrons. The van der Waals surface area contributed by atoms with Crippen molar-refractivity contribution in [3.05, 3.63) is 34.2 Å². The highest BCUT2D eigenvalue weighted by Gasteiger charge is 2.11. The number of rotatable bonds is 2. The second-order valence-corrected chi connectivity index (χ2v) is 4.51. The normalized spacial score (nSPS) is 11.2. The molecule has 0 aliphatic carbocycles. The summed E-state index contributed by atoms with van der Waals surface area (Å²) in [5.41, 5.74) is -0.0787. The summed E-state index contributed by atoms with van der Waals surface area (Å²) in [6, 6.07) is 3.85. The first-order valence-electron chi connectivity index (χ1n) is 5.46. The predicted octanol–water partition coefficient (Wildman–Crippen LogP) is 2.40. The Hall–Kier alpha value is -1.97. The summed E-state index contributed by atoms with van der Waals surface area (Å²) in [7, 11) is 0. The van der Waals surface area contributed by atoms with Crippen LogP contribution in [0, 0.1) is 5.92 Å². The molecule has 0 saturated carbocycles. The highest BCUT2D eigenvalue weighted by atomic mass is 16.3. The molecule has 2 N–H and O–H groups in total. The third-order valence-electron chi connectivity index (χ3n) is 2.46. The van der Waals surface area contributed by atoms with Crippen LogP contribution in [0.25, 0.3) is 11.0 Å². The van der Waals surface area contributed by atoms with Crippen LogP contribution < -0.4 is 5.43 Å². The average Bonchev–Trinajstić information content (AvgIpc) is 2.13. The van der Waals surface area contributed by atoms with Gasteiger partial charge in [0.2, 0.25) is 0 Å². The summed E-state index contributed by atoms with van der Waals surface area (Å²) in [5.74, 6) is 0.536. The summed E-state index contributed by atoms with van der Waals surface area (Å²) in [4.78, 5) is 11.8. The lowest BCUT2D eigenvalue weighted by Gasteiger charge is -2.06. The minimum Gasteiger partial charge on any atom is -0.508 e. The third kappa shape index (κ3) is 2.25. The minimum atomic E-state index is -0.292. The molecular formula is C13H14O4. The fourth-order valence-corrected chi connectivity index (χ4v) is 1.81. The number of phenols is 2. The second-order valence-electron chi connectivity index (χ2n) is 4.51. The third-order valence-corrected chi connectivity index (χ3v) is 2.46. The Labute approximate surface area is 98.1 Å². The summed E-state index contributed by atoms with van der Waals surface area (Å²) >= 11 is 0. The Bertz CT molecular complexity index is 611. The zero-order valence-corrected chi connectivity index (χ0v) is 9.73. The second kappa shape index (κ2) is 4.13. The van der Waals surface area contributed by atoms with Crippen LogP contribution in [0.15, 0.2) is 27.4 Å². The molecule has 1 aromatic carbocycles. The molecule has 2 rings (SSSR count). The van der Waals surface area contributed by atoms with Gasteiger partial charge in [0, 0.05) is 24.6 Å². The Morgan fingerprint density at radius 1 is 1.24 bits per heavy atom. The van der Waals surface area contributed by atoms with E-state index in [2.05, 4.69) is 0 Å². The fourth-order valence-electron chi connectivity index (χ4n) is 1.81. The Morgan fingerprint density at radius 2 is 1.94 bits per heavy atom. The van der Waals surface area contributed by atoms with Crippen molar-refractivity contribution in [1.82, 2.24) is 0 Å². The minimum absolute atomic E-state index is 0.107. The highest BCUT2D eigenvalue weighted by Crippen LogP contribution is 2.28. The van der Waals surface area contributed by atoms with Crippen molar-refractivity contribution >= 4 is 11.0 Å². The molecule has 1 aromatic heterocycles. The standard InChI is InChI=1S/C13H14O4/c1-7(2)3-9-6-11(16)13-10(15)4-8(14)5-12(13)17-9/h4-7,14-15H,3H2,1-2H3. The van der Waals surface area contributed by atoms with Crippen LogP contribution in [0.1, 0.15) is 19.6 Å². The maximum atomic E-state index is 11.8. The first-order valence-corrected chi connectivity index (χ1v) is 5.46. The van der Waals surface area contributed by atoms with Crippen LogP contribution in [0.4, 0.5) is 0 Å². The van der Waals surface area contributed by atoms with E-state index in [1.807, 2.05) is 13.8 Å². The van der Waals surface area contributed by atoms with Crippen LogP contribution in [0.5, 0.6) is 11.5 Å². The molecule has 0 spiro atoms. The van der Waals surface area contributed by atoms with Crippen molar-refractivity contribution < 1.29 is 14.6 Å².